The Morgan fingerprint density at radius 3 is 2.54 bits per heavy atom. The molecule has 1 aromatic carbocycles. The topological polar surface area (TPSA) is 54.0 Å². The van der Waals surface area contributed by atoms with Crippen molar-refractivity contribution in [2.45, 2.75) is 39.0 Å². The summed E-state index contributed by atoms with van der Waals surface area (Å²) in [5, 5.41) is 0. The molecule has 0 N–H and O–H groups in total. The molecule has 0 aliphatic heterocycles. The van der Waals surface area contributed by atoms with Crippen LogP contribution in [0.15, 0.2) is 18.2 Å². The first-order chi connectivity index (χ1) is 11.3. The molecule has 0 radical (unpaired) electrons. The Hall–Kier alpha value is -1.44. The van der Waals surface area contributed by atoms with Crippen LogP contribution in [0.3, 0.4) is 0 Å². The molecule has 0 saturated heterocycles. The van der Waals surface area contributed by atoms with Crippen molar-refractivity contribution < 1.29 is 28.1 Å². The second-order valence-corrected chi connectivity index (χ2v) is 12.2. The molecular formula is C17H27FO5Si. The Bertz CT molecular complexity index is 516. The summed E-state index contributed by atoms with van der Waals surface area (Å²) in [5.41, 5.74) is 0. The standard InChI is InChI=1S/C17H27FO5Si/c1-5-8-22-14-6-7-16(15(18)11-14)23-17(19)12-21-13-20-9-10-24(2,3)4/h6-7,11H,5,8-10,12-13H2,1-4H3. The van der Waals surface area contributed by atoms with Crippen molar-refractivity contribution in [1.29, 1.82) is 0 Å². The lowest BCUT2D eigenvalue weighted by Crippen LogP contribution is -2.22. The lowest BCUT2D eigenvalue weighted by molar-refractivity contribution is -0.145. The van der Waals surface area contributed by atoms with Crippen LogP contribution in [0.25, 0.3) is 0 Å². The van der Waals surface area contributed by atoms with Gasteiger partial charge in [-0.1, -0.05) is 26.6 Å². The quantitative estimate of drug-likeness (QED) is 0.198. The normalized spacial score (nSPS) is 11.4. The summed E-state index contributed by atoms with van der Waals surface area (Å²) < 4.78 is 34.4. The molecule has 0 bridgehead atoms. The minimum Gasteiger partial charge on any atom is -0.493 e. The van der Waals surface area contributed by atoms with Crippen molar-refractivity contribution >= 4 is 14.0 Å². The summed E-state index contributed by atoms with van der Waals surface area (Å²) in [6.45, 7) is 9.56. The molecule has 5 nitrogen and oxygen atoms in total. The van der Waals surface area contributed by atoms with Crippen molar-refractivity contribution in [3.8, 4) is 11.5 Å². The molecule has 0 amide bonds. The van der Waals surface area contributed by atoms with Crippen LogP contribution in [0.2, 0.25) is 25.7 Å². The molecule has 0 heterocycles. The van der Waals surface area contributed by atoms with Gasteiger partial charge in [0.15, 0.2) is 11.6 Å². The van der Waals surface area contributed by atoms with E-state index in [2.05, 4.69) is 19.6 Å². The van der Waals surface area contributed by atoms with Gasteiger partial charge in [0.2, 0.25) is 0 Å². The molecule has 0 saturated carbocycles. The van der Waals surface area contributed by atoms with Crippen LogP contribution < -0.4 is 9.47 Å². The van der Waals surface area contributed by atoms with Gasteiger partial charge >= 0.3 is 5.97 Å². The van der Waals surface area contributed by atoms with E-state index in [0.717, 1.165) is 12.5 Å². The minimum absolute atomic E-state index is 0.0197. The minimum atomic E-state index is -1.13. The summed E-state index contributed by atoms with van der Waals surface area (Å²) in [6.07, 6.45) is 0.829. The monoisotopic (exact) mass is 358 g/mol. The first-order valence-corrected chi connectivity index (χ1v) is 11.8. The van der Waals surface area contributed by atoms with Gasteiger partial charge in [-0.3, -0.25) is 0 Å². The summed E-state index contributed by atoms with van der Waals surface area (Å²) in [5.74, 6) is -1.07. The third-order valence-corrected chi connectivity index (χ3v) is 4.69. The average Bonchev–Trinajstić information content (AvgIpc) is 2.50. The summed E-state index contributed by atoms with van der Waals surface area (Å²) in [7, 11) is -1.13. The Kier molecular flexibility index (Phi) is 8.95. The molecule has 0 aliphatic carbocycles. The molecule has 136 valence electrons. The van der Waals surface area contributed by atoms with Crippen molar-refractivity contribution in [3.05, 3.63) is 24.0 Å². The van der Waals surface area contributed by atoms with Gasteiger partial charge in [-0.15, -0.1) is 0 Å². The highest BCUT2D eigenvalue weighted by molar-refractivity contribution is 6.76. The number of benzene rings is 1. The van der Waals surface area contributed by atoms with E-state index < -0.39 is 19.9 Å². The van der Waals surface area contributed by atoms with Crippen molar-refractivity contribution in [2.24, 2.45) is 0 Å². The van der Waals surface area contributed by atoms with Crippen molar-refractivity contribution in [3.63, 3.8) is 0 Å². The number of ether oxygens (including phenoxy) is 4. The number of esters is 1. The maximum Gasteiger partial charge on any atom is 0.337 e. The molecule has 7 heteroatoms. The zero-order chi connectivity index (χ0) is 18.0. The highest BCUT2D eigenvalue weighted by Gasteiger charge is 2.13. The maximum absolute atomic E-state index is 13.8. The van der Waals surface area contributed by atoms with Crippen LogP contribution in [0.5, 0.6) is 11.5 Å². The molecule has 1 aromatic rings. The number of hydrogen-bond donors (Lipinski definition) is 0. The lowest BCUT2D eigenvalue weighted by atomic mass is 10.3. The van der Waals surface area contributed by atoms with Gasteiger partial charge in [-0.2, -0.15) is 0 Å². The molecular weight excluding hydrogens is 331 g/mol. The Morgan fingerprint density at radius 1 is 1.17 bits per heavy atom. The van der Waals surface area contributed by atoms with Crippen molar-refractivity contribution in [1.82, 2.24) is 0 Å². The zero-order valence-electron chi connectivity index (χ0n) is 14.9. The van der Waals surface area contributed by atoms with Gasteiger partial charge in [0, 0.05) is 20.7 Å². The van der Waals surface area contributed by atoms with E-state index in [1.165, 1.54) is 12.1 Å². The first-order valence-electron chi connectivity index (χ1n) is 8.10. The van der Waals surface area contributed by atoms with Gasteiger partial charge < -0.3 is 18.9 Å². The van der Waals surface area contributed by atoms with E-state index in [0.29, 0.717) is 19.0 Å². The van der Waals surface area contributed by atoms with E-state index in [1.54, 1.807) is 6.07 Å². The fourth-order valence-electron chi connectivity index (χ4n) is 1.65. The van der Waals surface area contributed by atoms with Crippen LogP contribution in [0.4, 0.5) is 4.39 Å². The fraction of sp³-hybridized carbons (Fsp3) is 0.588. The van der Waals surface area contributed by atoms with E-state index in [4.69, 9.17) is 18.9 Å². The van der Waals surface area contributed by atoms with Gasteiger partial charge in [-0.25, -0.2) is 9.18 Å². The molecule has 0 aliphatic rings. The fourth-order valence-corrected chi connectivity index (χ4v) is 2.40. The Morgan fingerprint density at radius 2 is 1.92 bits per heavy atom. The molecule has 0 aromatic heterocycles. The van der Waals surface area contributed by atoms with Crippen molar-refractivity contribution in [2.75, 3.05) is 26.6 Å². The highest BCUT2D eigenvalue weighted by Crippen LogP contribution is 2.23. The lowest BCUT2D eigenvalue weighted by Gasteiger charge is -2.15. The number of halogens is 1. The smallest absolute Gasteiger partial charge is 0.337 e. The van der Waals surface area contributed by atoms with Crippen LogP contribution in [-0.4, -0.2) is 40.7 Å². The average molecular weight is 358 g/mol. The first kappa shape index (κ1) is 20.6. The molecule has 0 spiro atoms. The number of rotatable bonds is 11. The van der Waals surface area contributed by atoms with Gasteiger partial charge in [0.05, 0.1) is 6.61 Å². The molecule has 0 fully saturated rings. The summed E-state index contributed by atoms with van der Waals surface area (Å²) in [6, 6.07) is 5.14. The number of hydrogen-bond acceptors (Lipinski definition) is 5. The van der Waals surface area contributed by atoms with Crippen LogP contribution in [0.1, 0.15) is 13.3 Å². The van der Waals surface area contributed by atoms with Gasteiger partial charge in [0.1, 0.15) is 19.1 Å². The number of carbonyl (C=O) groups is 1. The number of carbonyl (C=O) groups excluding carboxylic acids is 1. The van der Waals surface area contributed by atoms with E-state index in [9.17, 15) is 9.18 Å². The van der Waals surface area contributed by atoms with E-state index in [1.807, 2.05) is 6.92 Å². The molecule has 0 unspecified atom stereocenters. The maximum atomic E-state index is 13.8. The second kappa shape index (κ2) is 10.4. The Balaban J connectivity index is 2.27. The summed E-state index contributed by atoms with van der Waals surface area (Å²) >= 11 is 0. The molecule has 0 atom stereocenters. The largest absolute Gasteiger partial charge is 0.493 e. The zero-order valence-corrected chi connectivity index (χ0v) is 15.9. The predicted molar refractivity (Wildman–Crippen MR) is 92.7 cm³/mol. The molecule has 24 heavy (non-hydrogen) atoms. The Labute approximate surface area is 144 Å². The van der Waals surface area contributed by atoms with Crippen LogP contribution in [0, 0.1) is 5.82 Å². The summed E-state index contributed by atoms with van der Waals surface area (Å²) in [4.78, 5) is 11.6. The highest BCUT2D eigenvalue weighted by atomic mass is 28.3. The van der Waals surface area contributed by atoms with E-state index >= 15 is 0 Å². The van der Waals surface area contributed by atoms with E-state index in [-0.39, 0.29) is 19.1 Å². The third-order valence-electron chi connectivity index (χ3n) is 2.98. The van der Waals surface area contributed by atoms with Gasteiger partial charge in [0.25, 0.3) is 0 Å². The second-order valence-electron chi connectivity index (χ2n) is 6.60. The van der Waals surface area contributed by atoms with Crippen LogP contribution >= 0.6 is 0 Å². The predicted octanol–water partition coefficient (Wildman–Crippen LogP) is 3.85. The van der Waals surface area contributed by atoms with Crippen LogP contribution in [-0.2, 0) is 14.3 Å². The third kappa shape index (κ3) is 9.00. The SMILES string of the molecule is CCCOc1ccc(OC(=O)COCOCC[Si](C)(C)C)c(F)c1. The molecule has 1 rings (SSSR count). The van der Waals surface area contributed by atoms with Gasteiger partial charge in [-0.05, 0) is 24.6 Å².